The fourth-order valence-electron chi connectivity index (χ4n) is 2.89. The third-order valence-electron chi connectivity index (χ3n) is 4.05. The summed E-state index contributed by atoms with van der Waals surface area (Å²) in [6.07, 6.45) is 2.15. The molecule has 2 rings (SSSR count). The van der Waals surface area contributed by atoms with Crippen LogP contribution in [0.3, 0.4) is 0 Å². The third kappa shape index (κ3) is 5.13. The number of rotatable bonds is 6. The minimum absolute atomic E-state index is 0.0951. The number of likely N-dealkylation sites (tertiary alicyclic amines) is 1. The molecule has 5 heteroatoms. The van der Waals surface area contributed by atoms with Crippen molar-refractivity contribution >= 4 is 5.91 Å². The van der Waals surface area contributed by atoms with Crippen LogP contribution in [-0.4, -0.2) is 44.2 Å². The fourth-order valence-corrected chi connectivity index (χ4v) is 2.89. The molecule has 1 aromatic carbocycles. The monoisotopic (exact) mass is 320 g/mol. The van der Waals surface area contributed by atoms with E-state index in [0.717, 1.165) is 37.2 Å². The largest absolute Gasteiger partial charge is 0.493 e. The van der Waals surface area contributed by atoms with E-state index in [4.69, 9.17) is 9.47 Å². The van der Waals surface area contributed by atoms with Gasteiger partial charge >= 0.3 is 0 Å². The molecule has 1 heterocycles. The van der Waals surface area contributed by atoms with Crippen LogP contribution < -0.4 is 14.8 Å². The van der Waals surface area contributed by atoms with E-state index < -0.39 is 0 Å². The topological polar surface area (TPSA) is 50.8 Å². The molecule has 0 spiro atoms. The second-order valence-corrected chi connectivity index (χ2v) is 6.47. The number of nitrogens with zero attached hydrogens (tertiary/aromatic N) is 1. The van der Waals surface area contributed by atoms with Gasteiger partial charge in [-0.15, -0.1) is 0 Å². The van der Waals surface area contributed by atoms with Gasteiger partial charge in [0.2, 0.25) is 5.91 Å². The van der Waals surface area contributed by atoms with Crippen molar-refractivity contribution in [2.45, 2.75) is 39.3 Å². The molecule has 1 atom stereocenters. The number of piperidine rings is 1. The Bertz CT molecular complexity index is 531. The van der Waals surface area contributed by atoms with E-state index >= 15 is 0 Å². The van der Waals surface area contributed by atoms with Crippen LogP contribution in [0.5, 0.6) is 11.5 Å². The van der Waals surface area contributed by atoms with Crippen molar-refractivity contribution in [2.24, 2.45) is 5.92 Å². The van der Waals surface area contributed by atoms with Crippen molar-refractivity contribution in [3.63, 3.8) is 0 Å². The van der Waals surface area contributed by atoms with E-state index in [1.165, 1.54) is 0 Å². The van der Waals surface area contributed by atoms with Crippen LogP contribution in [0.4, 0.5) is 0 Å². The number of hydrogen-bond acceptors (Lipinski definition) is 4. The van der Waals surface area contributed by atoms with Gasteiger partial charge in [-0.1, -0.05) is 6.07 Å². The molecule has 0 aromatic heterocycles. The van der Waals surface area contributed by atoms with Gasteiger partial charge in [0.05, 0.1) is 19.1 Å². The fraction of sp³-hybridized carbons (Fsp3) is 0.611. The molecule has 23 heavy (non-hydrogen) atoms. The van der Waals surface area contributed by atoms with Crippen molar-refractivity contribution in [3.05, 3.63) is 23.8 Å². The molecule has 1 aliphatic rings. The molecule has 1 unspecified atom stereocenters. The number of methoxy groups -OCH3 is 1. The Morgan fingerprint density at radius 1 is 1.39 bits per heavy atom. The molecule has 0 bridgehead atoms. The van der Waals surface area contributed by atoms with Crippen LogP contribution >= 0.6 is 0 Å². The molecule has 1 N–H and O–H groups in total. The number of amides is 1. The highest BCUT2D eigenvalue weighted by atomic mass is 16.5. The Morgan fingerprint density at radius 2 is 2.17 bits per heavy atom. The molecule has 1 saturated heterocycles. The number of carbonyl (C=O) groups is 1. The molecule has 5 nitrogen and oxygen atoms in total. The van der Waals surface area contributed by atoms with Crippen molar-refractivity contribution < 1.29 is 14.3 Å². The van der Waals surface area contributed by atoms with Gasteiger partial charge in [-0.3, -0.25) is 4.79 Å². The van der Waals surface area contributed by atoms with Crippen LogP contribution in [0, 0.1) is 5.92 Å². The molecule has 1 aliphatic heterocycles. The second kappa shape index (κ2) is 8.20. The van der Waals surface area contributed by atoms with Gasteiger partial charge in [-0.2, -0.15) is 0 Å². The van der Waals surface area contributed by atoms with Crippen LogP contribution in [0.1, 0.15) is 32.3 Å². The van der Waals surface area contributed by atoms with E-state index in [9.17, 15) is 4.79 Å². The quantitative estimate of drug-likeness (QED) is 0.875. The van der Waals surface area contributed by atoms with E-state index in [0.29, 0.717) is 12.3 Å². The lowest BCUT2D eigenvalue weighted by Crippen LogP contribution is -2.41. The number of nitrogens with one attached hydrogen (secondary N) is 1. The van der Waals surface area contributed by atoms with Gasteiger partial charge in [0.1, 0.15) is 0 Å². The average Bonchev–Trinajstić information content (AvgIpc) is 2.53. The highest BCUT2D eigenvalue weighted by Crippen LogP contribution is 2.29. The van der Waals surface area contributed by atoms with Crippen LogP contribution in [0.25, 0.3) is 0 Å². The second-order valence-electron chi connectivity index (χ2n) is 6.47. The molecule has 0 saturated carbocycles. The molecule has 1 aromatic rings. The molecule has 0 aliphatic carbocycles. The first-order valence-corrected chi connectivity index (χ1v) is 8.29. The Kier molecular flexibility index (Phi) is 6.28. The molecule has 128 valence electrons. The van der Waals surface area contributed by atoms with Crippen molar-refractivity contribution in [3.8, 4) is 11.5 Å². The Labute approximate surface area is 139 Å². The molecular weight excluding hydrogens is 292 g/mol. The lowest BCUT2D eigenvalue weighted by atomic mass is 9.97. The Balaban J connectivity index is 1.93. The summed E-state index contributed by atoms with van der Waals surface area (Å²) in [5, 5.41) is 3.04. The summed E-state index contributed by atoms with van der Waals surface area (Å²) >= 11 is 0. The summed E-state index contributed by atoms with van der Waals surface area (Å²) in [5.74, 6) is 1.66. The summed E-state index contributed by atoms with van der Waals surface area (Å²) in [7, 11) is 3.69. The highest BCUT2D eigenvalue weighted by molar-refractivity contribution is 5.79. The first-order chi connectivity index (χ1) is 11.0. The van der Waals surface area contributed by atoms with Crippen LogP contribution in [0.15, 0.2) is 18.2 Å². The van der Waals surface area contributed by atoms with Crippen molar-refractivity contribution in [1.29, 1.82) is 0 Å². The lowest BCUT2D eigenvalue weighted by Gasteiger charge is -2.28. The molecule has 1 amide bonds. The maximum Gasteiger partial charge on any atom is 0.224 e. The zero-order valence-corrected chi connectivity index (χ0v) is 14.6. The van der Waals surface area contributed by atoms with Gasteiger partial charge < -0.3 is 19.7 Å². The average molecular weight is 320 g/mol. The maximum absolute atomic E-state index is 12.3. The summed E-state index contributed by atoms with van der Waals surface area (Å²) in [6, 6.07) is 5.78. The summed E-state index contributed by atoms with van der Waals surface area (Å²) in [4.78, 5) is 14.5. The van der Waals surface area contributed by atoms with Crippen molar-refractivity contribution in [2.75, 3.05) is 27.2 Å². The summed E-state index contributed by atoms with van der Waals surface area (Å²) in [5.41, 5.74) is 1.01. The van der Waals surface area contributed by atoms with Gasteiger partial charge in [-0.25, -0.2) is 0 Å². The number of carbonyl (C=O) groups excluding carboxylic acids is 1. The summed E-state index contributed by atoms with van der Waals surface area (Å²) in [6.45, 7) is 6.40. The van der Waals surface area contributed by atoms with E-state index in [1.807, 2.05) is 32.0 Å². The SMILES string of the molecule is COc1cc(CNC(=O)C2CCCN(C)C2)ccc1OC(C)C. The Morgan fingerprint density at radius 3 is 2.83 bits per heavy atom. The standard InChI is InChI=1S/C18H28N2O3/c1-13(2)23-16-8-7-14(10-17(16)22-4)11-19-18(21)15-6-5-9-20(3)12-15/h7-8,10,13,15H,5-6,9,11-12H2,1-4H3,(H,19,21). The summed E-state index contributed by atoms with van der Waals surface area (Å²) < 4.78 is 11.1. The zero-order valence-electron chi connectivity index (χ0n) is 14.6. The third-order valence-corrected chi connectivity index (χ3v) is 4.05. The highest BCUT2D eigenvalue weighted by Gasteiger charge is 2.23. The normalized spacial score (nSPS) is 18.7. The van der Waals surface area contributed by atoms with E-state index in [-0.39, 0.29) is 17.9 Å². The lowest BCUT2D eigenvalue weighted by molar-refractivity contribution is -0.126. The van der Waals surface area contributed by atoms with Crippen LogP contribution in [0.2, 0.25) is 0 Å². The van der Waals surface area contributed by atoms with E-state index in [2.05, 4.69) is 17.3 Å². The minimum Gasteiger partial charge on any atom is -0.493 e. The first-order valence-electron chi connectivity index (χ1n) is 8.29. The predicted molar refractivity (Wildman–Crippen MR) is 90.8 cm³/mol. The number of ether oxygens (including phenoxy) is 2. The van der Waals surface area contributed by atoms with Crippen molar-refractivity contribution in [1.82, 2.24) is 10.2 Å². The minimum atomic E-state index is 0.0951. The van der Waals surface area contributed by atoms with Gasteiger partial charge in [0.15, 0.2) is 11.5 Å². The maximum atomic E-state index is 12.3. The number of benzene rings is 1. The van der Waals surface area contributed by atoms with Gasteiger partial charge in [-0.05, 0) is 58.0 Å². The molecule has 1 fully saturated rings. The van der Waals surface area contributed by atoms with Gasteiger partial charge in [0, 0.05) is 13.1 Å². The van der Waals surface area contributed by atoms with Gasteiger partial charge in [0.25, 0.3) is 0 Å². The zero-order chi connectivity index (χ0) is 16.8. The smallest absolute Gasteiger partial charge is 0.224 e. The molecular formula is C18H28N2O3. The Hall–Kier alpha value is -1.75. The molecule has 0 radical (unpaired) electrons. The first kappa shape index (κ1) is 17.6. The van der Waals surface area contributed by atoms with E-state index in [1.54, 1.807) is 7.11 Å². The number of hydrogen-bond donors (Lipinski definition) is 1. The van der Waals surface area contributed by atoms with Crippen LogP contribution in [-0.2, 0) is 11.3 Å². The predicted octanol–water partition coefficient (Wildman–Crippen LogP) is 2.44.